The normalized spacial score (nSPS) is 12.5. The highest BCUT2D eigenvalue weighted by atomic mass is 19.4. The maximum Gasteiger partial charge on any atom is 0.433 e. The van der Waals surface area contributed by atoms with Crippen LogP contribution in [0, 0.1) is 0 Å². The number of alkyl halides is 3. The van der Waals surface area contributed by atoms with Crippen LogP contribution in [0.25, 0.3) is 27.7 Å². The van der Waals surface area contributed by atoms with Crippen LogP contribution in [-0.2, 0) is 6.18 Å². The van der Waals surface area contributed by atoms with Crippen LogP contribution in [0.3, 0.4) is 0 Å². The van der Waals surface area contributed by atoms with Gasteiger partial charge >= 0.3 is 6.18 Å². The van der Waals surface area contributed by atoms with Gasteiger partial charge in [0.2, 0.25) is 0 Å². The van der Waals surface area contributed by atoms with Crippen molar-refractivity contribution in [3.63, 3.8) is 0 Å². The highest BCUT2D eigenvalue weighted by Crippen LogP contribution is 2.35. The average Bonchev–Trinajstić information content (AvgIpc) is 3.35. The fourth-order valence-electron chi connectivity index (χ4n) is 4.44. The first-order valence-corrected chi connectivity index (χ1v) is 11.7. The van der Waals surface area contributed by atoms with Gasteiger partial charge in [0.05, 0.1) is 32.2 Å². The zero-order valence-corrected chi connectivity index (χ0v) is 20.7. The lowest BCUT2D eigenvalue weighted by atomic mass is 10.0. The van der Waals surface area contributed by atoms with Gasteiger partial charge in [0.15, 0.2) is 11.3 Å². The molecule has 0 spiro atoms. The second-order valence-corrected chi connectivity index (χ2v) is 8.65. The molecule has 1 N–H and O–H groups in total. The van der Waals surface area contributed by atoms with Gasteiger partial charge in [-0.3, -0.25) is 4.79 Å². The number of hydrogen-bond acceptors (Lipinski definition) is 5. The van der Waals surface area contributed by atoms with Crippen LogP contribution < -0.4 is 14.8 Å². The van der Waals surface area contributed by atoms with E-state index in [0.29, 0.717) is 27.1 Å². The fraction of sp³-hybridized carbons (Fsp3) is 0.179. The van der Waals surface area contributed by atoms with Gasteiger partial charge in [-0.2, -0.15) is 18.3 Å². The van der Waals surface area contributed by atoms with E-state index in [0.717, 1.165) is 23.0 Å². The Morgan fingerprint density at radius 1 is 1.00 bits per heavy atom. The molecule has 38 heavy (non-hydrogen) atoms. The predicted molar refractivity (Wildman–Crippen MR) is 136 cm³/mol. The Morgan fingerprint density at radius 3 is 2.50 bits per heavy atom. The maximum atomic E-state index is 14.1. The van der Waals surface area contributed by atoms with E-state index in [4.69, 9.17) is 9.47 Å². The SMILES string of the molecule is COc1ccc(OC)c(C(C)NC(=O)c2cnn3c(C(F)(F)F)cc(-c4cccc5ccccc45)nc23)c1. The molecule has 5 rings (SSSR count). The molecule has 3 aromatic carbocycles. The molecule has 194 valence electrons. The highest BCUT2D eigenvalue weighted by molar-refractivity contribution is 6.01. The lowest BCUT2D eigenvalue weighted by molar-refractivity contribution is -0.142. The molecular formula is C28H23F3N4O3. The van der Waals surface area contributed by atoms with Crippen LogP contribution in [-0.4, -0.2) is 34.7 Å². The Bertz CT molecular complexity index is 1660. The van der Waals surface area contributed by atoms with Crippen molar-refractivity contribution in [2.24, 2.45) is 0 Å². The number of benzene rings is 3. The molecular weight excluding hydrogens is 497 g/mol. The molecule has 5 aromatic rings. The number of methoxy groups -OCH3 is 2. The summed E-state index contributed by atoms with van der Waals surface area (Å²) in [6, 6.07) is 18.2. The zero-order chi connectivity index (χ0) is 27.0. The Kier molecular flexibility index (Phi) is 6.40. The van der Waals surface area contributed by atoms with Crippen molar-refractivity contribution < 1.29 is 27.4 Å². The number of nitrogens with one attached hydrogen (secondary N) is 1. The molecule has 7 nitrogen and oxygen atoms in total. The first-order chi connectivity index (χ1) is 18.2. The number of hydrogen-bond donors (Lipinski definition) is 1. The standard InChI is InChI=1S/C28H23F3N4O3/c1-16(21-13-18(37-2)11-12-24(21)38-3)33-27(36)22-15-32-35-25(28(29,30)31)14-23(34-26(22)35)20-10-6-8-17-7-4-5-9-19(17)20/h4-16H,1-3H3,(H,33,36). The molecule has 0 radical (unpaired) electrons. The van der Waals surface area contributed by atoms with E-state index >= 15 is 0 Å². The highest BCUT2D eigenvalue weighted by Gasteiger charge is 2.36. The number of amides is 1. The average molecular weight is 521 g/mol. The van der Waals surface area contributed by atoms with Crippen LogP contribution in [0.15, 0.2) is 72.9 Å². The summed E-state index contributed by atoms with van der Waals surface area (Å²) < 4.78 is 53.7. The third kappa shape index (κ3) is 4.49. The van der Waals surface area contributed by atoms with Crippen molar-refractivity contribution in [3.05, 3.63) is 89.7 Å². The molecule has 0 saturated carbocycles. The van der Waals surface area contributed by atoms with E-state index in [9.17, 15) is 18.0 Å². The van der Waals surface area contributed by atoms with E-state index in [1.54, 1.807) is 43.3 Å². The molecule has 1 unspecified atom stereocenters. The monoisotopic (exact) mass is 520 g/mol. The number of aromatic nitrogens is 3. The summed E-state index contributed by atoms with van der Waals surface area (Å²) in [5.74, 6) is 0.455. The number of halogens is 3. The van der Waals surface area contributed by atoms with Gasteiger partial charge in [0.25, 0.3) is 5.91 Å². The summed E-state index contributed by atoms with van der Waals surface area (Å²) in [7, 11) is 3.02. The summed E-state index contributed by atoms with van der Waals surface area (Å²) in [5.41, 5.74) is -0.0998. The van der Waals surface area contributed by atoms with Crippen LogP contribution >= 0.6 is 0 Å². The molecule has 0 aliphatic carbocycles. The molecule has 0 bridgehead atoms. The maximum absolute atomic E-state index is 14.1. The van der Waals surface area contributed by atoms with Crippen molar-refractivity contribution in [2.75, 3.05) is 14.2 Å². The number of fused-ring (bicyclic) bond motifs is 2. The lowest BCUT2D eigenvalue weighted by Crippen LogP contribution is -2.27. The van der Waals surface area contributed by atoms with E-state index in [1.807, 2.05) is 24.3 Å². The van der Waals surface area contributed by atoms with Crippen molar-refractivity contribution >= 4 is 22.3 Å². The molecule has 2 heterocycles. The quantitative estimate of drug-likeness (QED) is 0.294. The molecule has 1 amide bonds. The largest absolute Gasteiger partial charge is 0.497 e. The van der Waals surface area contributed by atoms with Crippen LogP contribution in [0.5, 0.6) is 11.5 Å². The van der Waals surface area contributed by atoms with Crippen molar-refractivity contribution in [3.8, 4) is 22.8 Å². The second kappa shape index (κ2) is 9.70. The van der Waals surface area contributed by atoms with Gasteiger partial charge in [0.1, 0.15) is 17.1 Å². The second-order valence-electron chi connectivity index (χ2n) is 8.65. The number of nitrogens with zero attached hydrogens (tertiary/aromatic N) is 3. The predicted octanol–water partition coefficient (Wildman–Crippen LogP) is 6.08. The van der Waals surface area contributed by atoms with E-state index < -0.39 is 23.8 Å². The Hall–Kier alpha value is -4.60. The summed E-state index contributed by atoms with van der Waals surface area (Å²) >= 11 is 0. The first-order valence-electron chi connectivity index (χ1n) is 11.7. The summed E-state index contributed by atoms with van der Waals surface area (Å²) in [6.07, 6.45) is -3.64. The summed E-state index contributed by atoms with van der Waals surface area (Å²) in [4.78, 5) is 17.8. The lowest BCUT2D eigenvalue weighted by Gasteiger charge is -2.18. The minimum absolute atomic E-state index is 0.0821. The minimum atomic E-state index is -4.73. The number of rotatable bonds is 6. The number of ether oxygens (including phenoxy) is 2. The molecule has 10 heteroatoms. The third-order valence-corrected chi connectivity index (χ3v) is 6.32. The number of carbonyl (C=O) groups excluding carboxylic acids is 1. The van der Waals surface area contributed by atoms with Crippen LogP contribution in [0.4, 0.5) is 13.2 Å². The van der Waals surface area contributed by atoms with E-state index in [-0.39, 0.29) is 16.9 Å². The Morgan fingerprint density at radius 2 is 1.76 bits per heavy atom. The molecule has 1 atom stereocenters. The van der Waals surface area contributed by atoms with Gasteiger partial charge < -0.3 is 14.8 Å². The minimum Gasteiger partial charge on any atom is -0.497 e. The van der Waals surface area contributed by atoms with Gasteiger partial charge in [-0.25, -0.2) is 9.50 Å². The number of carbonyl (C=O) groups is 1. The van der Waals surface area contributed by atoms with E-state index in [2.05, 4.69) is 15.4 Å². The topological polar surface area (TPSA) is 77.8 Å². The third-order valence-electron chi connectivity index (χ3n) is 6.32. The Labute approximate surface area is 215 Å². The van der Waals surface area contributed by atoms with Crippen molar-refractivity contribution in [2.45, 2.75) is 19.1 Å². The van der Waals surface area contributed by atoms with Gasteiger partial charge in [-0.1, -0.05) is 42.5 Å². The molecule has 2 aromatic heterocycles. The smallest absolute Gasteiger partial charge is 0.433 e. The van der Waals surface area contributed by atoms with E-state index in [1.165, 1.54) is 14.2 Å². The zero-order valence-electron chi connectivity index (χ0n) is 20.7. The Balaban J connectivity index is 1.61. The fourth-order valence-corrected chi connectivity index (χ4v) is 4.44. The molecule has 0 fully saturated rings. The molecule has 0 aliphatic heterocycles. The molecule has 0 aliphatic rings. The van der Waals surface area contributed by atoms with Crippen LogP contribution in [0.2, 0.25) is 0 Å². The first kappa shape index (κ1) is 25.1. The van der Waals surface area contributed by atoms with Gasteiger partial charge in [-0.15, -0.1) is 0 Å². The van der Waals surface area contributed by atoms with Crippen molar-refractivity contribution in [1.82, 2.24) is 19.9 Å². The van der Waals surface area contributed by atoms with Gasteiger partial charge in [-0.05, 0) is 42.0 Å². The summed E-state index contributed by atoms with van der Waals surface area (Å²) in [6.45, 7) is 1.73. The molecule has 0 saturated heterocycles. The van der Waals surface area contributed by atoms with Crippen LogP contribution in [0.1, 0.15) is 34.6 Å². The van der Waals surface area contributed by atoms with Gasteiger partial charge in [0, 0.05) is 11.1 Å². The van der Waals surface area contributed by atoms with Crippen molar-refractivity contribution in [1.29, 1.82) is 0 Å². The summed E-state index contributed by atoms with van der Waals surface area (Å²) in [5, 5.41) is 8.28.